The van der Waals surface area contributed by atoms with Gasteiger partial charge in [-0.05, 0) is 33.6 Å². The van der Waals surface area contributed by atoms with E-state index < -0.39 is 11.7 Å². The molecule has 0 aliphatic heterocycles. The number of aromatic nitrogens is 2. The molecule has 2 rings (SSSR count). The zero-order valence-corrected chi connectivity index (χ0v) is 12.5. The Morgan fingerprint density at radius 2 is 1.90 bits per heavy atom. The van der Waals surface area contributed by atoms with Gasteiger partial charge in [-0.25, -0.2) is 4.68 Å². The maximum absolute atomic E-state index is 12.4. The van der Waals surface area contributed by atoms with Crippen LogP contribution in [0, 0.1) is 0 Å². The molecule has 0 radical (unpaired) electrons. The maximum Gasteiger partial charge on any atom is 0.416 e. The molecule has 0 spiro atoms. The average molecular weight is 362 g/mol. The molecule has 0 saturated heterocycles. The number of anilines is 1. The van der Waals surface area contributed by atoms with Gasteiger partial charge in [0, 0.05) is 13.6 Å². The lowest BCUT2D eigenvalue weighted by molar-refractivity contribution is -0.137. The summed E-state index contributed by atoms with van der Waals surface area (Å²) in [5, 5.41) is 6.81. The normalized spacial score (nSPS) is 11.5. The largest absolute Gasteiger partial charge is 0.416 e. The molecule has 1 aromatic heterocycles. The molecule has 8 heteroatoms. The zero-order chi connectivity index (χ0) is 15.6. The van der Waals surface area contributed by atoms with Crippen LogP contribution < -0.4 is 10.9 Å². The highest BCUT2D eigenvalue weighted by atomic mass is 79.9. The van der Waals surface area contributed by atoms with Crippen LogP contribution in [0.2, 0.25) is 0 Å². The molecule has 2 aromatic rings. The minimum absolute atomic E-state index is 0.283. The summed E-state index contributed by atoms with van der Waals surface area (Å²) in [6.07, 6.45) is -2.87. The van der Waals surface area contributed by atoms with Gasteiger partial charge in [0.15, 0.2) is 0 Å². The highest BCUT2D eigenvalue weighted by Gasteiger charge is 2.29. The fourth-order valence-electron chi connectivity index (χ4n) is 1.64. The van der Waals surface area contributed by atoms with Crippen molar-refractivity contribution >= 4 is 21.6 Å². The van der Waals surface area contributed by atoms with Crippen molar-refractivity contribution in [2.75, 3.05) is 5.32 Å². The fraction of sp³-hybridized carbons (Fsp3) is 0.231. The second kappa shape index (κ2) is 5.88. The number of halogens is 4. The van der Waals surface area contributed by atoms with Crippen molar-refractivity contribution in [3.05, 3.63) is 56.4 Å². The Balaban J connectivity index is 2.10. The van der Waals surface area contributed by atoms with Crippen LogP contribution in [0.3, 0.4) is 0 Å². The molecule has 0 atom stereocenters. The van der Waals surface area contributed by atoms with Gasteiger partial charge in [0.25, 0.3) is 5.56 Å². The van der Waals surface area contributed by atoms with Crippen LogP contribution in [0.25, 0.3) is 0 Å². The number of aryl methyl sites for hydroxylation is 1. The van der Waals surface area contributed by atoms with Crippen molar-refractivity contribution in [1.29, 1.82) is 0 Å². The second-order valence-corrected chi connectivity index (χ2v) is 5.14. The molecule has 0 fully saturated rings. The molecule has 1 N–H and O–H groups in total. The number of rotatable bonds is 3. The van der Waals surface area contributed by atoms with Crippen LogP contribution in [0.5, 0.6) is 0 Å². The molecule has 0 amide bonds. The predicted molar refractivity (Wildman–Crippen MR) is 75.9 cm³/mol. The van der Waals surface area contributed by atoms with Gasteiger partial charge in [-0.3, -0.25) is 4.79 Å². The van der Waals surface area contributed by atoms with Crippen LogP contribution in [-0.4, -0.2) is 9.78 Å². The Kier molecular flexibility index (Phi) is 4.36. The summed E-state index contributed by atoms with van der Waals surface area (Å²) in [6, 6.07) is 4.82. The SMILES string of the molecule is Cn1ncc(NCc2ccc(C(F)(F)F)cc2)c(Br)c1=O. The average Bonchev–Trinajstić information content (AvgIpc) is 2.43. The van der Waals surface area contributed by atoms with Crippen molar-refractivity contribution in [3.8, 4) is 0 Å². The fourth-order valence-corrected chi connectivity index (χ4v) is 2.14. The third-order valence-corrected chi connectivity index (χ3v) is 3.61. The highest BCUT2D eigenvalue weighted by molar-refractivity contribution is 9.10. The summed E-state index contributed by atoms with van der Waals surface area (Å²) in [6.45, 7) is 0.283. The molecule has 0 aliphatic rings. The molecule has 112 valence electrons. The van der Waals surface area contributed by atoms with E-state index in [-0.39, 0.29) is 12.1 Å². The van der Waals surface area contributed by atoms with E-state index in [9.17, 15) is 18.0 Å². The van der Waals surface area contributed by atoms with Gasteiger partial charge in [-0.1, -0.05) is 12.1 Å². The van der Waals surface area contributed by atoms with Crippen molar-refractivity contribution in [2.45, 2.75) is 12.7 Å². The lowest BCUT2D eigenvalue weighted by Gasteiger charge is -2.10. The van der Waals surface area contributed by atoms with E-state index in [1.54, 1.807) is 0 Å². The van der Waals surface area contributed by atoms with E-state index in [1.807, 2.05) is 0 Å². The third kappa shape index (κ3) is 3.63. The van der Waals surface area contributed by atoms with Gasteiger partial charge in [0.1, 0.15) is 4.47 Å². The smallest absolute Gasteiger partial charge is 0.379 e. The standard InChI is InChI=1S/C13H11BrF3N3O/c1-20-12(21)11(14)10(7-19-20)18-6-8-2-4-9(5-3-8)13(15,16)17/h2-5,7,18H,6H2,1H3. The molecule has 21 heavy (non-hydrogen) atoms. The number of hydrogen-bond donors (Lipinski definition) is 1. The Morgan fingerprint density at radius 1 is 1.29 bits per heavy atom. The second-order valence-electron chi connectivity index (χ2n) is 4.35. The van der Waals surface area contributed by atoms with E-state index in [0.717, 1.165) is 12.1 Å². The molecule has 0 aliphatic carbocycles. The van der Waals surface area contributed by atoms with Crippen LogP contribution in [-0.2, 0) is 19.8 Å². The monoisotopic (exact) mass is 361 g/mol. The summed E-state index contributed by atoms with van der Waals surface area (Å²) in [5.74, 6) is 0. The predicted octanol–water partition coefficient (Wildman–Crippen LogP) is 3.17. The number of hydrogen-bond acceptors (Lipinski definition) is 3. The lowest BCUT2D eigenvalue weighted by Crippen LogP contribution is -2.21. The first-order valence-electron chi connectivity index (χ1n) is 5.91. The van der Waals surface area contributed by atoms with Gasteiger partial charge < -0.3 is 5.32 Å². The lowest BCUT2D eigenvalue weighted by atomic mass is 10.1. The molecule has 0 bridgehead atoms. The van der Waals surface area contributed by atoms with E-state index in [1.165, 1.54) is 30.1 Å². The summed E-state index contributed by atoms with van der Waals surface area (Å²) >= 11 is 3.16. The number of nitrogens with zero attached hydrogens (tertiary/aromatic N) is 2. The van der Waals surface area contributed by atoms with Gasteiger partial charge in [0.2, 0.25) is 0 Å². The first-order valence-corrected chi connectivity index (χ1v) is 6.70. The third-order valence-electron chi connectivity index (χ3n) is 2.84. The highest BCUT2D eigenvalue weighted by Crippen LogP contribution is 2.29. The van der Waals surface area contributed by atoms with Crippen molar-refractivity contribution in [1.82, 2.24) is 9.78 Å². The first-order chi connectivity index (χ1) is 9.79. The van der Waals surface area contributed by atoms with Crippen molar-refractivity contribution in [2.24, 2.45) is 7.05 Å². The van der Waals surface area contributed by atoms with E-state index in [0.29, 0.717) is 15.7 Å². The summed E-state index contributed by atoms with van der Waals surface area (Å²) in [4.78, 5) is 11.6. The van der Waals surface area contributed by atoms with Crippen LogP contribution in [0.1, 0.15) is 11.1 Å². The van der Waals surface area contributed by atoms with Gasteiger partial charge in [0.05, 0.1) is 17.4 Å². The number of nitrogens with one attached hydrogen (secondary N) is 1. The van der Waals surface area contributed by atoms with E-state index >= 15 is 0 Å². The molecular weight excluding hydrogens is 351 g/mol. The van der Waals surface area contributed by atoms with Crippen LogP contribution in [0.15, 0.2) is 39.7 Å². The number of benzene rings is 1. The van der Waals surface area contributed by atoms with Crippen molar-refractivity contribution < 1.29 is 13.2 Å². The quantitative estimate of drug-likeness (QED) is 0.913. The van der Waals surface area contributed by atoms with Crippen molar-refractivity contribution in [3.63, 3.8) is 0 Å². The molecule has 4 nitrogen and oxygen atoms in total. The Morgan fingerprint density at radius 3 is 2.48 bits per heavy atom. The first kappa shape index (κ1) is 15.6. The summed E-state index contributed by atoms with van der Waals surface area (Å²) in [5.41, 5.74) is 0.156. The molecule has 0 saturated carbocycles. The van der Waals surface area contributed by atoms with E-state index in [4.69, 9.17) is 0 Å². The minimum atomic E-state index is -4.34. The summed E-state index contributed by atoms with van der Waals surface area (Å²) in [7, 11) is 1.52. The minimum Gasteiger partial charge on any atom is -0.379 e. The molecule has 1 heterocycles. The zero-order valence-electron chi connectivity index (χ0n) is 10.9. The van der Waals surface area contributed by atoms with Crippen LogP contribution >= 0.6 is 15.9 Å². The summed E-state index contributed by atoms with van der Waals surface area (Å²) < 4.78 is 38.8. The molecule has 0 unspecified atom stereocenters. The van der Waals surface area contributed by atoms with E-state index in [2.05, 4.69) is 26.3 Å². The van der Waals surface area contributed by atoms with Gasteiger partial charge in [-0.15, -0.1) is 0 Å². The topological polar surface area (TPSA) is 46.9 Å². The molecule has 1 aromatic carbocycles. The Labute approximate surface area is 126 Å². The Hall–Kier alpha value is -1.83. The molecular formula is C13H11BrF3N3O. The van der Waals surface area contributed by atoms with Gasteiger partial charge >= 0.3 is 6.18 Å². The van der Waals surface area contributed by atoms with Crippen LogP contribution in [0.4, 0.5) is 18.9 Å². The number of alkyl halides is 3. The van der Waals surface area contributed by atoms with Gasteiger partial charge in [-0.2, -0.15) is 18.3 Å². The Bertz CT molecular complexity index is 695. The maximum atomic E-state index is 12.4.